The molecule has 1 aliphatic heterocycles. The maximum absolute atomic E-state index is 12.8. The van der Waals surface area contributed by atoms with Crippen molar-refractivity contribution in [2.75, 3.05) is 23.8 Å². The van der Waals surface area contributed by atoms with E-state index < -0.39 is 24.0 Å². The van der Waals surface area contributed by atoms with Gasteiger partial charge in [0.05, 0.1) is 17.4 Å². The summed E-state index contributed by atoms with van der Waals surface area (Å²) in [7, 11) is 0. The first-order valence-corrected chi connectivity index (χ1v) is 11.7. The van der Waals surface area contributed by atoms with E-state index in [1.165, 1.54) is 11.8 Å². The second-order valence-corrected chi connectivity index (χ2v) is 9.32. The normalized spacial score (nSPS) is 14.2. The van der Waals surface area contributed by atoms with Crippen LogP contribution in [0.2, 0.25) is 0 Å². The van der Waals surface area contributed by atoms with E-state index in [1.54, 1.807) is 36.1 Å². The summed E-state index contributed by atoms with van der Waals surface area (Å²) in [5.74, 6) is -1.17. The Balaban J connectivity index is 1.59. The monoisotopic (exact) mass is 465 g/mol. The fourth-order valence-corrected chi connectivity index (χ4v) is 4.33. The molecule has 3 rings (SSSR count). The average molecular weight is 466 g/mol. The molecule has 2 aromatic carbocycles. The second-order valence-electron chi connectivity index (χ2n) is 8.30. The average Bonchev–Trinajstić information content (AvgIpc) is 3.25. The van der Waals surface area contributed by atoms with Gasteiger partial charge in [-0.3, -0.25) is 9.59 Å². The highest BCUT2D eigenvalue weighted by molar-refractivity contribution is 8.00. The number of nitriles is 1. The van der Waals surface area contributed by atoms with E-state index in [4.69, 9.17) is 4.74 Å². The quantitative estimate of drug-likeness (QED) is 0.473. The van der Waals surface area contributed by atoms with Gasteiger partial charge in [-0.1, -0.05) is 44.2 Å². The number of nitrogens with zero attached hydrogens (tertiary/aromatic N) is 2. The van der Waals surface area contributed by atoms with Crippen LogP contribution in [0.25, 0.3) is 0 Å². The van der Waals surface area contributed by atoms with Crippen LogP contribution in [-0.4, -0.2) is 42.2 Å². The molecule has 0 saturated heterocycles. The van der Waals surface area contributed by atoms with Gasteiger partial charge in [-0.2, -0.15) is 5.26 Å². The molecular formula is C25H27N3O4S. The number of amides is 2. The van der Waals surface area contributed by atoms with Crippen molar-refractivity contribution in [1.82, 2.24) is 5.32 Å². The molecule has 0 bridgehead atoms. The van der Waals surface area contributed by atoms with Crippen LogP contribution >= 0.6 is 11.8 Å². The predicted octanol–water partition coefficient (Wildman–Crippen LogP) is 3.58. The van der Waals surface area contributed by atoms with Crippen molar-refractivity contribution in [3.05, 3.63) is 59.7 Å². The zero-order valence-corrected chi connectivity index (χ0v) is 19.8. The molecule has 1 heterocycles. The summed E-state index contributed by atoms with van der Waals surface area (Å²) in [5, 5.41) is 11.9. The van der Waals surface area contributed by atoms with Crippen molar-refractivity contribution in [2.24, 2.45) is 5.92 Å². The summed E-state index contributed by atoms with van der Waals surface area (Å²) >= 11 is 1.26. The molecule has 172 valence electrons. The first kappa shape index (κ1) is 24.3. The van der Waals surface area contributed by atoms with Crippen molar-refractivity contribution < 1.29 is 19.1 Å². The molecule has 0 aliphatic carbocycles. The smallest absolute Gasteiger partial charge is 0.339 e. The number of benzene rings is 2. The zero-order chi connectivity index (χ0) is 24.0. The Morgan fingerprint density at radius 3 is 2.61 bits per heavy atom. The van der Waals surface area contributed by atoms with Crippen molar-refractivity contribution >= 4 is 35.2 Å². The number of fused-ring (bicyclic) bond motifs is 1. The van der Waals surface area contributed by atoms with Gasteiger partial charge in [0.15, 0.2) is 6.61 Å². The summed E-state index contributed by atoms with van der Waals surface area (Å²) in [6.45, 7) is 5.43. The van der Waals surface area contributed by atoms with Crippen LogP contribution < -0.4 is 10.2 Å². The van der Waals surface area contributed by atoms with E-state index >= 15 is 0 Å². The Hall–Kier alpha value is -3.31. The van der Waals surface area contributed by atoms with E-state index in [9.17, 15) is 19.6 Å². The van der Waals surface area contributed by atoms with Crippen molar-refractivity contribution in [2.45, 2.75) is 37.6 Å². The highest BCUT2D eigenvalue weighted by Gasteiger charge is 2.30. The standard InChI is InChI=1S/C25H27N3O4S/c1-17(2)25(3,16-26)27-22(29)14-32-24(31)19-9-5-7-11-21(19)33-15-23(30)28-13-12-18-8-4-6-10-20(18)28/h4-11,17H,12-15H2,1-3H3,(H,27,29)/t25-/m0/s1. The van der Waals surface area contributed by atoms with Crippen LogP contribution in [0.4, 0.5) is 5.69 Å². The third-order valence-electron chi connectivity index (χ3n) is 5.77. The van der Waals surface area contributed by atoms with Crippen LogP contribution in [0.1, 0.15) is 36.7 Å². The van der Waals surface area contributed by atoms with Crippen LogP contribution in [-0.2, 0) is 20.7 Å². The van der Waals surface area contributed by atoms with Gasteiger partial charge in [-0.05, 0) is 43.0 Å². The fourth-order valence-electron chi connectivity index (χ4n) is 3.41. The number of thioether (sulfide) groups is 1. The van der Waals surface area contributed by atoms with Gasteiger partial charge >= 0.3 is 5.97 Å². The van der Waals surface area contributed by atoms with E-state index in [0.717, 1.165) is 17.7 Å². The Labute approximate surface area is 198 Å². The molecule has 7 nitrogen and oxygen atoms in total. The molecule has 0 saturated carbocycles. The van der Waals surface area contributed by atoms with Gasteiger partial charge in [0.2, 0.25) is 5.91 Å². The van der Waals surface area contributed by atoms with Crippen molar-refractivity contribution in [1.29, 1.82) is 5.26 Å². The van der Waals surface area contributed by atoms with Crippen LogP contribution in [0.15, 0.2) is 53.4 Å². The maximum Gasteiger partial charge on any atom is 0.339 e. The second kappa shape index (κ2) is 10.5. The molecule has 0 fully saturated rings. The topological polar surface area (TPSA) is 99.5 Å². The minimum absolute atomic E-state index is 0.0306. The minimum Gasteiger partial charge on any atom is -0.452 e. The van der Waals surface area contributed by atoms with Crippen molar-refractivity contribution in [3.8, 4) is 6.07 Å². The van der Waals surface area contributed by atoms with Gasteiger partial charge in [0, 0.05) is 17.1 Å². The summed E-state index contributed by atoms with van der Waals surface area (Å²) < 4.78 is 5.18. The van der Waals surface area contributed by atoms with Gasteiger partial charge in [-0.25, -0.2) is 4.79 Å². The molecule has 1 aliphatic rings. The number of carbonyl (C=O) groups is 3. The molecule has 2 aromatic rings. The highest BCUT2D eigenvalue weighted by atomic mass is 32.2. The van der Waals surface area contributed by atoms with Gasteiger partial charge in [0.1, 0.15) is 5.54 Å². The number of para-hydroxylation sites is 1. The summed E-state index contributed by atoms with van der Waals surface area (Å²) in [6, 6.07) is 16.8. The van der Waals surface area contributed by atoms with E-state index in [1.807, 2.05) is 38.1 Å². The molecule has 0 spiro atoms. The molecule has 1 atom stereocenters. The Bertz CT molecular complexity index is 1100. The lowest BCUT2D eigenvalue weighted by atomic mass is 9.90. The number of anilines is 1. The first-order chi connectivity index (χ1) is 15.7. The Morgan fingerprint density at radius 2 is 1.88 bits per heavy atom. The molecule has 33 heavy (non-hydrogen) atoms. The fraction of sp³-hybridized carbons (Fsp3) is 0.360. The lowest BCUT2D eigenvalue weighted by Gasteiger charge is -2.27. The van der Waals surface area contributed by atoms with E-state index in [-0.39, 0.29) is 23.1 Å². The predicted molar refractivity (Wildman–Crippen MR) is 127 cm³/mol. The molecule has 0 unspecified atom stereocenters. The number of ether oxygens (including phenoxy) is 1. The number of rotatable bonds is 8. The summed E-state index contributed by atoms with van der Waals surface area (Å²) in [6.07, 6.45) is 0.833. The molecule has 0 aromatic heterocycles. The number of nitrogens with one attached hydrogen (secondary N) is 1. The molecular weight excluding hydrogens is 438 g/mol. The lowest BCUT2D eigenvalue weighted by molar-refractivity contribution is -0.125. The molecule has 0 radical (unpaired) electrons. The molecule has 2 amide bonds. The third kappa shape index (κ3) is 5.74. The van der Waals surface area contributed by atoms with Gasteiger partial charge in [0.25, 0.3) is 5.91 Å². The van der Waals surface area contributed by atoms with Crippen molar-refractivity contribution in [3.63, 3.8) is 0 Å². The number of carbonyl (C=O) groups excluding carboxylic acids is 3. The van der Waals surface area contributed by atoms with Crippen LogP contribution in [0.3, 0.4) is 0 Å². The highest BCUT2D eigenvalue weighted by Crippen LogP contribution is 2.30. The number of hydrogen-bond donors (Lipinski definition) is 1. The zero-order valence-electron chi connectivity index (χ0n) is 19.0. The number of esters is 1. The van der Waals surface area contributed by atoms with Crippen LogP contribution in [0, 0.1) is 17.2 Å². The Morgan fingerprint density at radius 1 is 1.18 bits per heavy atom. The number of hydrogen-bond acceptors (Lipinski definition) is 6. The summed E-state index contributed by atoms with van der Waals surface area (Å²) in [4.78, 5) is 40.0. The summed E-state index contributed by atoms with van der Waals surface area (Å²) in [5.41, 5.74) is 1.33. The third-order valence-corrected chi connectivity index (χ3v) is 6.83. The molecule has 1 N–H and O–H groups in total. The first-order valence-electron chi connectivity index (χ1n) is 10.7. The molecule has 8 heteroatoms. The van der Waals surface area contributed by atoms with E-state index in [2.05, 4.69) is 11.4 Å². The van der Waals surface area contributed by atoms with E-state index in [0.29, 0.717) is 11.4 Å². The lowest BCUT2D eigenvalue weighted by Crippen LogP contribution is -2.50. The van der Waals surface area contributed by atoms with Crippen LogP contribution in [0.5, 0.6) is 0 Å². The van der Waals surface area contributed by atoms with Gasteiger partial charge in [-0.15, -0.1) is 11.8 Å². The maximum atomic E-state index is 12.8. The van der Waals surface area contributed by atoms with Gasteiger partial charge < -0.3 is 15.0 Å². The minimum atomic E-state index is -1.05. The Kier molecular flexibility index (Phi) is 7.77. The SMILES string of the molecule is CC(C)[C@](C)(C#N)NC(=O)COC(=O)c1ccccc1SCC(=O)N1CCc2ccccc21. The largest absolute Gasteiger partial charge is 0.452 e.